The van der Waals surface area contributed by atoms with Crippen LogP contribution in [0.1, 0.15) is 26.3 Å². The third-order valence-electron chi connectivity index (χ3n) is 3.18. The Labute approximate surface area is 143 Å². The van der Waals surface area contributed by atoms with E-state index in [1.807, 2.05) is 45.1 Å². The number of hydrogen-bond acceptors (Lipinski definition) is 4. The molecule has 0 saturated carbocycles. The van der Waals surface area contributed by atoms with Crippen molar-refractivity contribution in [2.24, 2.45) is 5.92 Å². The molecule has 6 nitrogen and oxygen atoms in total. The molecule has 24 heavy (non-hydrogen) atoms. The standard InChI is InChI=1S/C18H26N2O4/c1-5-6-14-7-8-15(16(11-14)23-4)24-12-17(21)19-9-10-20-18(22)13(2)3/h5-8,11,13H,9-10,12H2,1-4H3,(H,19,21)(H,20,22)/b6-5+. The first kappa shape index (κ1) is 19.5. The maximum absolute atomic E-state index is 11.8. The molecule has 0 aliphatic rings. The van der Waals surface area contributed by atoms with Crippen LogP contribution in [-0.4, -0.2) is 38.6 Å². The highest BCUT2D eigenvalue weighted by atomic mass is 16.5. The topological polar surface area (TPSA) is 76.7 Å². The Morgan fingerprint density at radius 3 is 2.50 bits per heavy atom. The van der Waals surface area contributed by atoms with E-state index in [9.17, 15) is 9.59 Å². The Morgan fingerprint density at radius 1 is 1.17 bits per heavy atom. The molecule has 0 fully saturated rings. The molecular weight excluding hydrogens is 308 g/mol. The van der Waals surface area contributed by atoms with Gasteiger partial charge in [-0.3, -0.25) is 9.59 Å². The number of allylic oxidation sites excluding steroid dienone is 1. The number of carbonyl (C=O) groups excluding carboxylic acids is 2. The number of nitrogens with one attached hydrogen (secondary N) is 2. The van der Waals surface area contributed by atoms with Gasteiger partial charge in [-0.2, -0.15) is 0 Å². The number of hydrogen-bond donors (Lipinski definition) is 2. The smallest absolute Gasteiger partial charge is 0.258 e. The van der Waals surface area contributed by atoms with E-state index in [4.69, 9.17) is 9.47 Å². The van der Waals surface area contributed by atoms with Crippen molar-refractivity contribution in [3.8, 4) is 11.5 Å². The van der Waals surface area contributed by atoms with Gasteiger partial charge in [0.2, 0.25) is 5.91 Å². The van der Waals surface area contributed by atoms with Gasteiger partial charge in [0.1, 0.15) is 0 Å². The molecule has 0 saturated heterocycles. The van der Waals surface area contributed by atoms with Crippen LogP contribution < -0.4 is 20.1 Å². The second-order valence-corrected chi connectivity index (χ2v) is 5.49. The maximum atomic E-state index is 11.8. The normalized spacial score (nSPS) is 10.7. The summed E-state index contributed by atoms with van der Waals surface area (Å²) < 4.78 is 10.8. The minimum absolute atomic E-state index is 0.0357. The summed E-state index contributed by atoms with van der Waals surface area (Å²) in [4.78, 5) is 23.1. The van der Waals surface area contributed by atoms with Crippen molar-refractivity contribution in [1.29, 1.82) is 0 Å². The van der Waals surface area contributed by atoms with Crippen LogP contribution >= 0.6 is 0 Å². The highest BCUT2D eigenvalue weighted by Crippen LogP contribution is 2.28. The second-order valence-electron chi connectivity index (χ2n) is 5.49. The zero-order valence-corrected chi connectivity index (χ0v) is 14.7. The molecule has 2 amide bonds. The van der Waals surface area contributed by atoms with Crippen LogP contribution in [0.2, 0.25) is 0 Å². The molecule has 0 unspecified atom stereocenters. The fourth-order valence-corrected chi connectivity index (χ4v) is 1.89. The number of methoxy groups -OCH3 is 1. The summed E-state index contributed by atoms with van der Waals surface area (Å²) in [6.45, 7) is 6.21. The van der Waals surface area contributed by atoms with Crippen molar-refractivity contribution >= 4 is 17.9 Å². The first-order valence-electron chi connectivity index (χ1n) is 7.95. The Morgan fingerprint density at radius 2 is 1.88 bits per heavy atom. The summed E-state index contributed by atoms with van der Waals surface area (Å²) in [6, 6.07) is 5.50. The summed E-state index contributed by atoms with van der Waals surface area (Å²) >= 11 is 0. The van der Waals surface area contributed by atoms with Crippen molar-refractivity contribution in [2.75, 3.05) is 26.8 Å². The van der Waals surface area contributed by atoms with Crippen LogP contribution in [0.15, 0.2) is 24.3 Å². The average molecular weight is 334 g/mol. The number of amides is 2. The lowest BCUT2D eigenvalue weighted by Crippen LogP contribution is -2.38. The molecule has 1 aromatic carbocycles. The van der Waals surface area contributed by atoms with Gasteiger partial charge in [0.25, 0.3) is 5.91 Å². The summed E-state index contributed by atoms with van der Waals surface area (Å²) in [6.07, 6.45) is 3.88. The fraction of sp³-hybridized carbons (Fsp3) is 0.444. The Hall–Kier alpha value is -2.50. The van der Waals surface area contributed by atoms with Gasteiger partial charge >= 0.3 is 0 Å². The molecule has 2 N–H and O–H groups in total. The van der Waals surface area contributed by atoms with Crippen molar-refractivity contribution in [3.63, 3.8) is 0 Å². The van der Waals surface area contributed by atoms with Gasteiger partial charge in [-0.25, -0.2) is 0 Å². The summed E-state index contributed by atoms with van der Waals surface area (Å²) in [5.41, 5.74) is 0.993. The first-order chi connectivity index (χ1) is 11.5. The molecule has 1 aromatic rings. The third kappa shape index (κ3) is 6.73. The molecule has 0 aromatic heterocycles. The molecule has 1 rings (SSSR count). The van der Waals surface area contributed by atoms with E-state index in [0.29, 0.717) is 24.6 Å². The van der Waals surface area contributed by atoms with Crippen molar-refractivity contribution < 1.29 is 19.1 Å². The lowest BCUT2D eigenvalue weighted by molar-refractivity contribution is -0.125. The summed E-state index contributed by atoms with van der Waals surface area (Å²) in [5, 5.41) is 5.41. The van der Waals surface area contributed by atoms with E-state index in [0.717, 1.165) is 5.56 Å². The zero-order valence-electron chi connectivity index (χ0n) is 14.7. The summed E-state index contributed by atoms with van der Waals surface area (Å²) in [5.74, 6) is 0.721. The number of ether oxygens (including phenoxy) is 2. The van der Waals surface area contributed by atoms with E-state index >= 15 is 0 Å². The predicted molar refractivity (Wildman–Crippen MR) is 94.1 cm³/mol. The molecule has 6 heteroatoms. The molecule has 0 aliphatic heterocycles. The minimum atomic E-state index is -0.256. The molecule has 132 valence electrons. The van der Waals surface area contributed by atoms with Gasteiger partial charge in [-0.05, 0) is 24.6 Å². The highest BCUT2D eigenvalue weighted by molar-refractivity contribution is 5.79. The van der Waals surface area contributed by atoms with E-state index in [2.05, 4.69) is 10.6 Å². The molecule has 0 spiro atoms. The van der Waals surface area contributed by atoms with Crippen molar-refractivity contribution in [1.82, 2.24) is 10.6 Å². The van der Waals surface area contributed by atoms with Crippen LogP contribution in [0.3, 0.4) is 0 Å². The van der Waals surface area contributed by atoms with E-state index in [1.54, 1.807) is 13.2 Å². The zero-order chi connectivity index (χ0) is 17.9. The first-order valence-corrected chi connectivity index (χ1v) is 7.95. The van der Waals surface area contributed by atoms with Crippen molar-refractivity contribution in [2.45, 2.75) is 20.8 Å². The van der Waals surface area contributed by atoms with Gasteiger partial charge in [-0.1, -0.05) is 32.1 Å². The summed E-state index contributed by atoms with van der Waals surface area (Å²) in [7, 11) is 1.55. The monoisotopic (exact) mass is 334 g/mol. The molecular formula is C18H26N2O4. The second kappa shape index (κ2) is 10.3. The number of rotatable bonds is 9. The molecule has 0 radical (unpaired) electrons. The van der Waals surface area contributed by atoms with E-state index < -0.39 is 0 Å². The van der Waals surface area contributed by atoms with E-state index in [1.165, 1.54) is 0 Å². The predicted octanol–water partition coefficient (Wildman–Crippen LogP) is 2.00. The Balaban J connectivity index is 2.40. The van der Waals surface area contributed by atoms with E-state index in [-0.39, 0.29) is 24.3 Å². The van der Waals surface area contributed by atoms with Gasteiger partial charge in [0.15, 0.2) is 18.1 Å². The van der Waals surface area contributed by atoms with Crippen LogP contribution in [-0.2, 0) is 9.59 Å². The van der Waals surface area contributed by atoms with Crippen molar-refractivity contribution in [3.05, 3.63) is 29.8 Å². The van der Waals surface area contributed by atoms with Crippen LogP contribution in [0.5, 0.6) is 11.5 Å². The average Bonchev–Trinajstić information content (AvgIpc) is 2.57. The number of carbonyl (C=O) groups is 2. The van der Waals surface area contributed by atoms with Crippen LogP contribution in [0, 0.1) is 5.92 Å². The van der Waals surface area contributed by atoms with Crippen LogP contribution in [0.4, 0.5) is 0 Å². The quantitative estimate of drug-likeness (QED) is 0.677. The minimum Gasteiger partial charge on any atom is -0.493 e. The SMILES string of the molecule is C/C=C/c1ccc(OCC(=O)NCCNC(=O)C(C)C)c(OC)c1. The molecule has 0 heterocycles. The maximum Gasteiger partial charge on any atom is 0.258 e. The number of benzene rings is 1. The Kier molecular flexibility index (Phi) is 8.39. The fourth-order valence-electron chi connectivity index (χ4n) is 1.89. The lowest BCUT2D eigenvalue weighted by atomic mass is 10.2. The van der Waals surface area contributed by atoms with Gasteiger partial charge in [0, 0.05) is 19.0 Å². The lowest BCUT2D eigenvalue weighted by Gasteiger charge is -2.12. The van der Waals surface area contributed by atoms with Crippen LogP contribution in [0.25, 0.3) is 6.08 Å². The molecule has 0 atom stereocenters. The van der Waals surface area contributed by atoms with Gasteiger partial charge < -0.3 is 20.1 Å². The largest absolute Gasteiger partial charge is 0.493 e. The molecule has 0 aliphatic carbocycles. The molecule has 0 bridgehead atoms. The highest BCUT2D eigenvalue weighted by Gasteiger charge is 2.09. The van der Waals surface area contributed by atoms with Gasteiger partial charge in [0.05, 0.1) is 7.11 Å². The third-order valence-corrected chi connectivity index (χ3v) is 3.18. The Bertz CT molecular complexity index is 582. The van der Waals surface area contributed by atoms with Gasteiger partial charge in [-0.15, -0.1) is 0 Å².